The number of sulfonamides is 1. The Kier molecular flexibility index (Phi) is 6.37. The highest BCUT2D eigenvalue weighted by atomic mass is 35.5. The number of cyclic esters (lactones) is 1. The number of anilines is 1. The number of hydrogen-bond acceptors (Lipinski definition) is 6. The molecule has 7 nitrogen and oxygen atoms in total. The third-order valence-electron chi connectivity index (χ3n) is 5.24. The van der Waals surface area contributed by atoms with Crippen LogP contribution in [0.15, 0.2) is 47.4 Å². The lowest BCUT2D eigenvalue weighted by atomic mass is 9.96. The molecule has 34 heavy (non-hydrogen) atoms. The number of benzene rings is 3. The summed E-state index contributed by atoms with van der Waals surface area (Å²) in [4.78, 5) is 12.2. The molecular formula is C23H18ClF2NO6S. The van der Waals surface area contributed by atoms with E-state index in [0.717, 1.165) is 18.2 Å². The van der Waals surface area contributed by atoms with Gasteiger partial charge in [-0.15, -0.1) is 0 Å². The standard InChI is InChI=1S/C23H18ClF2NO6S/c1-31-20-11-18(26)16-10-19(20)27-34(29,30)21-8-13(7-17(24)22(21)32-2)23(28)33-6-5-12-3-4-14(25)9-15(12)16/h3-4,7-11,27H,5-6H2,1-2H3. The van der Waals surface area contributed by atoms with E-state index < -0.39 is 32.5 Å². The molecule has 0 aromatic heterocycles. The molecule has 0 amide bonds. The predicted molar refractivity (Wildman–Crippen MR) is 121 cm³/mol. The quantitative estimate of drug-likeness (QED) is 0.498. The first-order chi connectivity index (χ1) is 16.1. The third kappa shape index (κ3) is 4.38. The second-order valence-corrected chi connectivity index (χ2v) is 9.37. The maximum atomic E-state index is 15.0. The summed E-state index contributed by atoms with van der Waals surface area (Å²) < 4.78 is 73.7. The zero-order valence-corrected chi connectivity index (χ0v) is 19.5. The molecule has 3 aromatic carbocycles. The van der Waals surface area contributed by atoms with Crippen LogP contribution in [-0.2, 0) is 21.2 Å². The molecule has 3 aromatic rings. The van der Waals surface area contributed by atoms with Crippen LogP contribution < -0.4 is 14.2 Å². The van der Waals surface area contributed by atoms with Gasteiger partial charge < -0.3 is 14.2 Å². The minimum atomic E-state index is -4.43. The zero-order valence-electron chi connectivity index (χ0n) is 17.9. The fourth-order valence-corrected chi connectivity index (χ4v) is 5.28. The maximum Gasteiger partial charge on any atom is 0.338 e. The Morgan fingerprint density at radius 1 is 1.03 bits per heavy atom. The summed E-state index contributed by atoms with van der Waals surface area (Å²) in [7, 11) is -1.97. The molecule has 1 heterocycles. The first-order valence-corrected chi connectivity index (χ1v) is 11.7. The second kappa shape index (κ2) is 9.11. The van der Waals surface area contributed by atoms with Crippen molar-refractivity contribution in [1.82, 2.24) is 0 Å². The van der Waals surface area contributed by atoms with Crippen LogP contribution in [-0.4, -0.2) is 35.2 Å². The van der Waals surface area contributed by atoms with Crippen LogP contribution in [0.4, 0.5) is 14.5 Å². The first-order valence-electron chi connectivity index (χ1n) is 9.88. The third-order valence-corrected chi connectivity index (χ3v) is 6.89. The SMILES string of the molecule is COc1cc(F)c2cc1NS(=O)(=O)c1cc(cc(Cl)c1OC)C(=O)OCCc1ccc(F)cc1-2. The van der Waals surface area contributed by atoms with Crippen molar-refractivity contribution in [1.29, 1.82) is 0 Å². The fraction of sp³-hybridized carbons (Fsp3) is 0.174. The van der Waals surface area contributed by atoms with Gasteiger partial charge in [0.2, 0.25) is 0 Å². The largest absolute Gasteiger partial charge is 0.494 e. The molecule has 178 valence electrons. The Bertz CT molecular complexity index is 1410. The Labute approximate surface area is 199 Å². The molecule has 0 spiro atoms. The minimum absolute atomic E-state index is 0.0739. The molecule has 0 aliphatic carbocycles. The van der Waals surface area contributed by atoms with Crippen molar-refractivity contribution in [3.05, 3.63) is 70.2 Å². The van der Waals surface area contributed by atoms with Gasteiger partial charge in [-0.2, -0.15) is 0 Å². The summed E-state index contributed by atoms with van der Waals surface area (Å²) in [6.07, 6.45) is 0.143. The molecule has 4 bridgehead atoms. The van der Waals surface area contributed by atoms with Gasteiger partial charge in [-0.05, 0) is 41.5 Å². The van der Waals surface area contributed by atoms with Gasteiger partial charge in [-0.1, -0.05) is 17.7 Å². The molecule has 0 radical (unpaired) electrons. The molecule has 4 rings (SSSR count). The van der Waals surface area contributed by atoms with Crippen molar-refractivity contribution in [2.75, 3.05) is 25.5 Å². The van der Waals surface area contributed by atoms with Gasteiger partial charge in [0.05, 0.1) is 37.1 Å². The number of nitrogens with one attached hydrogen (secondary N) is 1. The molecule has 0 atom stereocenters. The summed E-state index contributed by atoms with van der Waals surface area (Å²) in [5.41, 5.74) is 0.354. The summed E-state index contributed by atoms with van der Waals surface area (Å²) in [5.74, 6) is -2.53. The van der Waals surface area contributed by atoms with E-state index in [2.05, 4.69) is 4.72 Å². The molecule has 0 saturated heterocycles. The van der Waals surface area contributed by atoms with Crippen LogP contribution in [0.25, 0.3) is 11.1 Å². The van der Waals surface area contributed by atoms with E-state index >= 15 is 4.39 Å². The number of methoxy groups -OCH3 is 2. The van der Waals surface area contributed by atoms with Crippen molar-refractivity contribution >= 4 is 33.3 Å². The molecule has 1 N–H and O–H groups in total. The van der Waals surface area contributed by atoms with Crippen molar-refractivity contribution in [2.45, 2.75) is 11.3 Å². The first kappa shape index (κ1) is 23.8. The van der Waals surface area contributed by atoms with E-state index in [1.54, 1.807) is 0 Å². The second-order valence-electron chi connectivity index (χ2n) is 7.31. The van der Waals surface area contributed by atoms with Crippen molar-refractivity contribution < 1.29 is 36.2 Å². The number of fused-ring (bicyclic) bond motifs is 6. The molecule has 0 saturated carbocycles. The summed E-state index contributed by atoms with van der Waals surface area (Å²) in [5, 5.41) is -0.128. The van der Waals surface area contributed by atoms with Crippen LogP contribution in [0.5, 0.6) is 11.5 Å². The number of carbonyl (C=O) groups excluding carboxylic acids is 1. The van der Waals surface area contributed by atoms with E-state index in [1.807, 2.05) is 0 Å². The smallest absolute Gasteiger partial charge is 0.338 e. The van der Waals surface area contributed by atoms with E-state index in [-0.39, 0.29) is 51.9 Å². The summed E-state index contributed by atoms with van der Waals surface area (Å²) in [6.45, 7) is -0.133. The van der Waals surface area contributed by atoms with Crippen molar-refractivity contribution in [3.8, 4) is 22.6 Å². The van der Waals surface area contributed by atoms with Crippen LogP contribution >= 0.6 is 11.6 Å². The van der Waals surface area contributed by atoms with Crippen molar-refractivity contribution in [2.24, 2.45) is 0 Å². The Morgan fingerprint density at radius 2 is 1.79 bits per heavy atom. The van der Waals surface area contributed by atoms with E-state index in [9.17, 15) is 17.6 Å². The van der Waals surface area contributed by atoms with Crippen LogP contribution in [0.3, 0.4) is 0 Å². The normalized spacial score (nSPS) is 14.8. The lowest BCUT2D eigenvalue weighted by Crippen LogP contribution is -2.17. The molecule has 1 aliphatic heterocycles. The van der Waals surface area contributed by atoms with E-state index in [4.69, 9.17) is 25.8 Å². The van der Waals surface area contributed by atoms with Crippen LogP contribution in [0.2, 0.25) is 5.02 Å². The van der Waals surface area contributed by atoms with E-state index in [1.165, 1.54) is 38.5 Å². The number of hydrogen-bond donors (Lipinski definition) is 1. The van der Waals surface area contributed by atoms with Gasteiger partial charge in [-0.25, -0.2) is 22.0 Å². The Morgan fingerprint density at radius 3 is 2.50 bits per heavy atom. The number of ether oxygens (including phenoxy) is 3. The highest BCUT2D eigenvalue weighted by Crippen LogP contribution is 2.39. The van der Waals surface area contributed by atoms with Gasteiger partial charge in [0.1, 0.15) is 22.3 Å². The number of carbonyl (C=O) groups is 1. The van der Waals surface area contributed by atoms with Gasteiger partial charge in [-0.3, -0.25) is 4.72 Å². The van der Waals surface area contributed by atoms with Gasteiger partial charge in [0.15, 0.2) is 5.75 Å². The fourth-order valence-electron chi connectivity index (χ4n) is 3.65. The molecule has 1 aliphatic rings. The number of esters is 1. The number of rotatable bonds is 2. The summed E-state index contributed by atoms with van der Waals surface area (Å²) in [6, 6.07) is 8.27. The monoisotopic (exact) mass is 509 g/mol. The predicted octanol–water partition coefficient (Wildman–Crippen LogP) is 4.82. The molecular weight excluding hydrogens is 492 g/mol. The van der Waals surface area contributed by atoms with Gasteiger partial charge in [0, 0.05) is 18.1 Å². The molecule has 0 unspecified atom stereocenters. The molecule has 11 heteroatoms. The lowest BCUT2D eigenvalue weighted by molar-refractivity contribution is 0.0509. The highest BCUT2D eigenvalue weighted by molar-refractivity contribution is 7.92. The Balaban J connectivity index is 2.00. The summed E-state index contributed by atoms with van der Waals surface area (Å²) >= 11 is 6.18. The number of halogens is 3. The van der Waals surface area contributed by atoms with Gasteiger partial charge in [0.25, 0.3) is 10.0 Å². The average Bonchev–Trinajstić information content (AvgIpc) is 2.79. The van der Waals surface area contributed by atoms with Crippen LogP contribution in [0, 0.1) is 11.6 Å². The zero-order chi connectivity index (χ0) is 24.6. The average molecular weight is 510 g/mol. The van der Waals surface area contributed by atoms with Gasteiger partial charge >= 0.3 is 5.97 Å². The van der Waals surface area contributed by atoms with E-state index in [0.29, 0.717) is 5.56 Å². The van der Waals surface area contributed by atoms with Crippen LogP contribution in [0.1, 0.15) is 15.9 Å². The topological polar surface area (TPSA) is 90.9 Å². The highest BCUT2D eigenvalue weighted by Gasteiger charge is 2.27. The lowest BCUT2D eigenvalue weighted by Gasteiger charge is -2.19. The molecule has 0 fully saturated rings. The Hall–Kier alpha value is -3.37. The maximum absolute atomic E-state index is 15.0. The van der Waals surface area contributed by atoms with Crippen molar-refractivity contribution in [3.63, 3.8) is 0 Å². The minimum Gasteiger partial charge on any atom is -0.494 e.